The summed E-state index contributed by atoms with van der Waals surface area (Å²) in [4.78, 5) is 34.1. The van der Waals surface area contributed by atoms with E-state index in [1.165, 1.54) is 13.8 Å². The van der Waals surface area contributed by atoms with Gasteiger partial charge in [0.2, 0.25) is 12.1 Å². The van der Waals surface area contributed by atoms with E-state index in [0.717, 1.165) is 0 Å². The van der Waals surface area contributed by atoms with Crippen LogP contribution in [-0.4, -0.2) is 28.6 Å². The third-order valence-corrected chi connectivity index (χ3v) is 3.43. The molecule has 1 heterocycles. The second kappa shape index (κ2) is 4.46. The standard InChI is InChI=1S/C13H13NO5/c1-8(15)13(9(2)16)11(7-14(17)18)10-5-3-4-6-12(10)19-13/h3-6,11H,7H2,1-2H3. The minimum atomic E-state index is -1.77. The lowest BCUT2D eigenvalue weighted by Gasteiger charge is -2.27. The Labute approximate surface area is 109 Å². The maximum absolute atomic E-state index is 11.9. The van der Waals surface area contributed by atoms with Gasteiger partial charge in [0, 0.05) is 10.5 Å². The third kappa shape index (κ3) is 1.89. The predicted molar refractivity (Wildman–Crippen MR) is 65.8 cm³/mol. The molecule has 1 aliphatic rings. The van der Waals surface area contributed by atoms with Gasteiger partial charge in [-0.15, -0.1) is 0 Å². The lowest BCUT2D eigenvalue weighted by atomic mass is 9.79. The molecule has 0 N–H and O–H groups in total. The van der Waals surface area contributed by atoms with Crippen LogP contribution in [0.1, 0.15) is 25.3 Å². The number of nitro groups is 1. The van der Waals surface area contributed by atoms with E-state index in [1.807, 2.05) is 0 Å². The molecule has 0 radical (unpaired) electrons. The van der Waals surface area contributed by atoms with Gasteiger partial charge in [-0.05, 0) is 19.9 Å². The third-order valence-electron chi connectivity index (χ3n) is 3.43. The summed E-state index contributed by atoms with van der Waals surface area (Å²) in [6, 6.07) is 6.65. The van der Waals surface area contributed by atoms with Crippen molar-refractivity contribution >= 4 is 11.6 Å². The molecule has 0 bridgehead atoms. The molecular formula is C13H13NO5. The van der Waals surface area contributed by atoms with E-state index >= 15 is 0 Å². The van der Waals surface area contributed by atoms with Crippen molar-refractivity contribution in [2.75, 3.05) is 6.54 Å². The quantitative estimate of drug-likeness (QED) is 0.465. The molecule has 1 unspecified atom stereocenters. The van der Waals surface area contributed by atoms with Crippen molar-refractivity contribution in [1.82, 2.24) is 0 Å². The van der Waals surface area contributed by atoms with Crippen LogP contribution in [0.3, 0.4) is 0 Å². The van der Waals surface area contributed by atoms with E-state index < -0.39 is 34.6 Å². The van der Waals surface area contributed by atoms with E-state index in [4.69, 9.17) is 4.74 Å². The minimum Gasteiger partial charge on any atom is -0.470 e. The highest BCUT2D eigenvalue weighted by Gasteiger charge is 2.58. The van der Waals surface area contributed by atoms with Crippen LogP contribution in [0.4, 0.5) is 0 Å². The van der Waals surface area contributed by atoms with E-state index in [-0.39, 0.29) is 0 Å². The Bertz CT molecular complexity index is 552. The maximum atomic E-state index is 11.9. The Morgan fingerprint density at radius 3 is 2.42 bits per heavy atom. The number of carbonyl (C=O) groups is 2. The molecule has 0 saturated carbocycles. The fraction of sp³-hybridized carbons (Fsp3) is 0.385. The molecule has 2 rings (SSSR count). The van der Waals surface area contributed by atoms with Gasteiger partial charge in [0.1, 0.15) is 11.7 Å². The number of carbonyl (C=O) groups excluding carboxylic acids is 2. The first kappa shape index (κ1) is 13.2. The normalized spacial score (nSPS) is 19.4. The van der Waals surface area contributed by atoms with E-state index in [9.17, 15) is 19.7 Å². The largest absolute Gasteiger partial charge is 0.470 e. The number of ketones is 2. The fourth-order valence-corrected chi connectivity index (χ4v) is 2.58. The van der Waals surface area contributed by atoms with Gasteiger partial charge in [0.05, 0.1) is 0 Å². The monoisotopic (exact) mass is 263 g/mol. The highest BCUT2D eigenvalue weighted by atomic mass is 16.6. The van der Waals surface area contributed by atoms with Gasteiger partial charge < -0.3 is 4.74 Å². The molecule has 0 fully saturated rings. The molecule has 0 aliphatic carbocycles. The first-order valence-electron chi connectivity index (χ1n) is 5.81. The Balaban J connectivity index is 2.60. The van der Waals surface area contributed by atoms with Gasteiger partial charge in [0.15, 0.2) is 11.6 Å². The number of hydrogen-bond donors (Lipinski definition) is 0. The van der Waals surface area contributed by atoms with Gasteiger partial charge in [0.25, 0.3) is 0 Å². The number of rotatable bonds is 4. The van der Waals surface area contributed by atoms with Gasteiger partial charge in [-0.3, -0.25) is 19.7 Å². The van der Waals surface area contributed by atoms with Gasteiger partial charge in [-0.1, -0.05) is 18.2 Å². The number of fused-ring (bicyclic) bond motifs is 1. The zero-order valence-electron chi connectivity index (χ0n) is 10.6. The molecule has 6 nitrogen and oxygen atoms in total. The van der Waals surface area contributed by atoms with Gasteiger partial charge >= 0.3 is 0 Å². The summed E-state index contributed by atoms with van der Waals surface area (Å²) in [7, 11) is 0. The SMILES string of the molecule is CC(=O)C1(C(C)=O)Oc2ccccc2C1C[N+](=O)[O-]. The van der Waals surface area contributed by atoms with Crippen LogP contribution in [0.15, 0.2) is 24.3 Å². The molecule has 0 aromatic heterocycles. The predicted octanol–water partition coefficient (Wildman–Crippen LogP) is 1.36. The lowest BCUT2D eigenvalue weighted by Crippen LogP contribution is -2.53. The molecule has 19 heavy (non-hydrogen) atoms. The summed E-state index contributed by atoms with van der Waals surface area (Å²) in [6.07, 6.45) is 0. The van der Waals surface area contributed by atoms with Crippen molar-refractivity contribution in [3.05, 3.63) is 39.9 Å². The van der Waals surface area contributed by atoms with E-state index in [0.29, 0.717) is 11.3 Å². The van der Waals surface area contributed by atoms with Crippen LogP contribution in [0.2, 0.25) is 0 Å². The molecule has 1 atom stereocenters. The summed E-state index contributed by atoms with van der Waals surface area (Å²) >= 11 is 0. The smallest absolute Gasteiger partial charge is 0.236 e. The highest BCUT2D eigenvalue weighted by Crippen LogP contribution is 2.45. The first-order valence-corrected chi connectivity index (χ1v) is 5.81. The molecular weight excluding hydrogens is 250 g/mol. The van der Waals surface area contributed by atoms with Crippen LogP contribution in [0, 0.1) is 10.1 Å². The van der Waals surface area contributed by atoms with Crippen LogP contribution >= 0.6 is 0 Å². The Hall–Kier alpha value is -2.24. The molecule has 1 aliphatic heterocycles. The van der Waals surface area contributed by atoms with Gasteiger partial charge in [-0.25, -0.2) is 0 Å². The topological polar surface area (TPSA) is 86.5 Å². The van der Waals surface area contributed by atoms with E-state index in [2.05, 4.69) is 0 Å². The van der Waals surface area contributed by atoms with Crippen LogP contribution in [0.25, 0.3) is 0 Å². The number of para-hydroxylation sites is 1. The van der Waals surface area contributed by atoms with Crippen LogP contribution in [-0.2, 0) is 9.59 Å². The average molecular weight is 263 g/mol. The van der Waals surface area contributed by atoms with Crippen molar-refractivity contribution in [3.63, 3.8) is 0 Å². The Kier molecular flexibility index (Phi) is 3.09. The zero-order chi connectivity index (χ0) is 14.2. The summed E-state index contributed by atoms with van der Waals surface area (Å²) in [5, 5.41) is 10.8. The van der Waals surface area contributed by atoms with Crippen molar-refractivity contribution in [3.8, 4) is 5.75 Å². The molecule has 0 amide bonds. The zero-order valence-corrected chi connectivity index (χ0v) is 10.6. The van der Waals surface area contributed by atoms with Crippen molar-refractivity contribution in [1.29, 1.82) is 0 Å². The number of Topliss-reactive ketones (excluding diaryl/α,β-unsaturated/α-hetero) is 2. The second-order valence-electron chi connectivity index (χ2n) is 4.56. The number of nitrogens with zero attached hydrogens (tertiary/aromatic N) is 1. The summed E-state index contributed by atoms with van der Waals surface area (Å²) < 4.78 is 5.53. The Morgan fingerprint density at radius 1 is 1.32 bits per heavy atom. The van der Waals surface area contributed by atoms with Crippen molar-refractivity contribution < 1.29 is 19.2 Å². The first-order chi connectivity index (χ1) is 8.89. The minimum absolute atomic E-state index is 0.361. The molecule has 0 saturated heterocycles. The highest BCUT2D eigenvalue weighted by molar-refractivity contribution is 6.10. The second-order valence-corrected chi connectivity index (χ2v) is 4.56. The van der Waals surface area contributed by atoms with Crippen molar-refractivity contribution in [2.24, 2.45) is 0 Å². The fourth-order valence-electron chi connectivity index (χ4n) is 2.58. The van der Waals surface area contributed by atoms with Crippen LogP contribution in [0.5, 0.6) is 5.75 Å². The average Bonchev–Trinajstić information content (AvgIpc) is 2.65. The van der Waals surface area contributed by atoms with Gasteiger partial charge in [-0.2, -0.15) is 0 Å². The number of ether oxygens (including phenoxy) is 1. The summed E-state index contributed by atoms with van der Waals surface area (Å²) in [5.41, 5.74) is -1.24. The molecule has 6 heteroatoms. The summed E-state index contributed by atoms with van der Waals surface area (Å²) in [5.74, 6) is -1.54. The lowest BCUT2D eigenvalue weighted by molar-refractivity contribution is -0.485. The Morgan fingerprint density at radius 2 is 1.89 bits per heavy atom. The van der Waals surface area contributed by atoms with E-state index in [1.54, 1.807) is 24.3 Å². The summed E-state index contributed by atoms with van der Waals surface area (Å²) in [6.45, 7) is 1.93. The molecule has 100 valence electrons. The molecule has 1 aromatic carbocycles. The number of hydrogen-bond acceptors (Lipinski definition) is 5. The van der Waals surface area contributed by atoms with Crippen molar-refractivity contribution in [2.45, 2.75) is 25.4 Å². The van der Waals surface area contributed by atoms with Crippen LogP contribution < -0.4 is 4.74 Å². The molecule has 0 spiro atoms. The molecule has 1 aromatic rings. The number of benzene rings is 1. The maximum Gasteiger partial charge on any atom is 0.236 e.